The molecule has 6 nitrogen and oxygen atoms in total. The molecule has 0 unspecified atom stereocenters. The topological polar surface area (TPSA) is 79.2 Å². The highest BCUT2D eigenvalue weighted by Gasteiger charge is 2.20. The number of hydrogen-bond acceptors (Lipinski definition) is 5. The number of aryl methyl sites for hydroxylation is 3. The van der Waals surface area contributed by atoms with E-state index in [9.17, 15) is 9.90 Å². The molecule has 37 heavy (non-hydrogen) atoms. The van der Waals surface area contributed by atoms with Crippen molar-refractivity contribution in [1.82, 2.24) is 19.9 Å². The zero-order chi connectivity index (χ0) is 26.4. The Hall–Kier alpha value is -3.77. The van der Waals surface area contributed by atoms with Crippen LogP contribution in [0.3, 0.4) is 0 Å². The summed E-state index contributed by atoms with van der Waals surface area (Å²) in [7, 11) is 0. The van der Waals surface area contributed by atoms with E-state index in [0.29, 0.717) is 17.1 Å². The molecule has 0 aliphatic carbocycles. The SMILES string of the molecule is Cc1cncc(C(=O)N(Cc2cccc(-c3ccnc(CCCc4ccc(O)c(Cl)c4)n3)c2)C(C)C)c1. The third-order valence-electron chi connectivity index (χ3n) is 6.17. The number of phenolic OH excluding ortho intramolecular Hbond substituents is 1. The largest absolute Gasteiger partial charge is 0.506 e. The highest BCUT2D eigenvalue weighted by molar-refractivity contribution is 6.32. The predicted octanol–water partition coefficient (Wildman–Crippen LogP) is 6.43. The fourth-order valence-electron chi connectivity index (χ4n) is 4.19. The molecule has 1 amide bonds. The van der Waals surface area contributed by atoms with Crippen LogP contribution in [0, 0.1) is 6.92 Å². The van der Waals surface area contributed by atoms with Crippen LogP contribution in [-0.4, -0.2) is 36.9 Å². The van der Waals surface area contributed by atoms with Gasteiger partial charge in [0.2, 0.25) is 0 Å². The monoisotopic (exact) mass is 514 g/mol. The minimum atomic E-state index is -0.0316. The summed E-state index contributed by atoms with van der Waals surface area (Å²) in [5, 5.41) is 9.96. The number of benzene rings is 2. The zero-order valence-corrected chi connectivity index (χ0v) is 22.1. The Morgan fingerprint density at radius 2 is 1.86 bits per heavy atom. The van der Waals surface area contributed by atoms with Crippen molar-refractivity contribution in [3.63, 3.8) is 0 Å². The Morgan fingerprint density at radius 1 is 1.03 bits per heavy atom. The van der Waals surface area contributed by atoms with Gasteiger partial charge in [0.1, 0.15) is 11.6 Å². The lowest BCUT2D eigenvalue weighted by Crippen LogP contribution is -2.36. The molecule has 4 aromatic rings. The van der Waals surface area contributed by atoms with Crippen LogP contribution in [0.2, 0.25) is 5.02 Å². The molecule has 0 saturated heterocycles. The molecule has 4 rings (SSSR count). The van der Waals surface area contributed by atoms with Gasteiger partial charge in [0, 0.05) is 43.2 Å². The van der Waals surface area contributed by atoms with Gasteiger partial charge in [-0.1, -0.05) is 35.9 Å². The molecule has 2 heterocycles. The molecular weight excluding hydrogens is 484 g/mol. The number of phenols is 1. The molecule has 0 aliphatic rings. The Balaban J connectivity index is 1.45. The second-order valence-electron chi connectivity index (χ2n) is 9.48. The smallest absolute Gasteiger partial charge is 0.255 e. The van der Waals surface area contributed by atoms with Crippen molar-refractivity contribution in [3.05, 3.63) is 106 Å². The van der Waals surface area contributed by atoms with Crippen molar-refractivity contribution >= 4 is 17.5 Å². The average molecular weight is 515 g/mol. The van der Waals surface area contributed by atoms with Crippen LogP contribution < -0.4 is 0 Å². The fraction of sp³-hybridized carbons (Fsp3) is 0.267. The van der Waals surface area contributed by atoms with Crippen LogP contribution in [0.5, 0.6) is 5.75 Å². The summed E-state index contributed by atoms with van der Waals surface area (Å²) < 4.78 is 0. The Kier molecular flexibility index (Phi) is 8.51. The average Bonchev–Trinajstić information content (AvgIpc) is 2.89. The Bertz CT molecular complexity index is 1390. The molecule has 0 saturated carbocycles. The number of aromatic hydroxyl groups is 1. The highest BCUT2D eigenvalue weighted by Crippen LogP contribution is 2.25. The van der Waals surface area contributed by atoms with E-state index in [-0.39, 0.29) is 17.7 Å². The zero-order valence-electron chi connectivity index (χ0n) is 21.4. The lowest BCUT2D eigenvalue weighted by atomic mass is 10.1. The third-order valence-corrected chi connectivity index (χ3v) is 6.47. The third kappa shape index (κ3) is 6.92. The maximum Gasteiger partial charge on any atom is 0.255 e. The summed E-state index contributed by atoms with van der Waals surface area (Å²) in [5.74, 6) is 0.839. The van der Waals surface area contributed by atoms with E-state index in [1.807, 2.05) is 62.1 Å². The van der Waals surface area contributed by atoms with Crippen molar-refractivity contribution < 1.29 is 9.90 Å². The van der Waals surface area contributed by atoms with Gasteiger partial charge in [-0.2, -0.15) is 0 Å². The quantitative estimate of drug-likeness (QED) is 0.278. The maximum atomic E-state index is 13.2. The van der Waals surface area contributed by atoms with E-state index in [2.05, 4.69) is 16.0 Å². The first-order valence-corrected chi connectivity index (χ1v) is 12.8. The minimum Gasteiger partial charge on any atom is -0.506 e. The summed E-state index contributed by atoms with van der Waals surface area (Å²) in [6.07, 6.45) is 7.57. The molecule has 7 heteroatoms. The first kappa shape index (κ1) is 26.3. The molecule has 0 aliphatic heterocycles. The molecule has 190 valence electrons. The molecular formula is C30H31ClN4O2. The van der Waals surface area contributed by atoms with Crippen LogP contribution in [0.4, 0.5) is 0 Å². The predicted molar refractivity (Wildman–Crippen MR) is 147 cm³/mol. The van der Waals surface area contributed by atoms with Crippen molar-refractivity contribution in [3.8, 4) is 17.0 Å². The first-order chi connectivity index (χ1) is 17.8. The Morgan fingerprint density at radius 3 is 2.62 bits per heavy atom. The van der Waals surface area contributed by atoms with Gasteiger partial charge in [-0.05, 0) is 80.6 Å². The summed E-state index contributed by atoms with van der Waals surface area (Å²) >= 11 is 6.02. The molecule has 2 aromatic heterocycles. The summed E-state index contributed by atoms with van der Waals surface area (Å²) in [6, 6.07) is 17.3. The van der Waals surface area contributed by atoms with E-state index in [1.54, 1.807) is 30.7 Å². The van der Waals surface area contributed by atoms with E-state index < -0.39 is 0 Å². The van der Waals surface area contributed by atoms with Gasteiger partial charge in [0.15, 0.2) is 0 Å². The van der Waals surface area contributed by atoms with Crippen molar-refractivity contribution in [1.29, 1.82) is 0 Å². The van der Waals surface area contributed by atoms with Gasteiger partial charge >= 0.3 is 0 Å². The molecule has 2 aromatic carbocycles. The number of rotatable bonds is 9. The molecule has 0 radical (unpaired) electrons. The van der Waals surface area contributed by atoms with Gasteiger partial charge in [0.25, 0.3) is 5.91 Å². The Labute approximate surface area is 223 Å². The standard InChI is InChI=1S/C30H31ClN4O2/c1-20(2)35(30(37)25-14-21(3)17-32-18-25)19-23-7-4-8-24(15-23)27-12-13-33-29(34-27)9-5-6-22-10-11-28(36)26(31)16-22/h4,7-8,10-18,20,36H,5-6,9,19H2,1-3H3. The van der Waals surface area contributed by atoms with Crippen LogP contribution in [0.15, 0.2) is 73.2 Å². The van der Waals surface area contributed by atoms with E-state index in [1.165, 1.54) is 0 Å². The summed E-state index contributed by atoms with van der Waals surface area (Å²) in [5.41, 5.74) is 5.49. The van der Waals surface area contributed by atoms with E-state index >= 15 is 0 Å². The summed E-state index contributed by atoms with van der Waals surface area (Å²) in [6.45, 7) is 6.47. The number of pyridine rings is 1. The number of halogens is 1. The molecule has 0 fully saturated rings. The molecule has 0 spiro atoms. The molecule has 1 N–H and O–H groups in total. The highest BCUT2D eigenvalue weighted by atomic mass is 35.5. The van der Waals surface area contributed by atoms with Gasteiger partial charge in [-0.25, -0.2) is 9.97 Å². The van der Waals surface area contributed by atoms with Crippen LogP contribution in [0.1, 0.15) is 53.1 Å². The lowest BCUT2D eigenvalue weighted by molar-refractivity contribution is 0.0690. The van der Waals surface area contributed by atoms with Crippen molar-refractivity contribution in [2.24, 2.45) is 0 Å². The van der Waals surface area contributed by atoms with Crippen molar-refractivity contribution in [2.75, 3.05) is 0 Å². The maximum absolute atomic E-state index is 13.2. The number of nitrogens with zero attached hydrogens (tertiary/aromatic N) is 4. The molecule has 0 bridgehead atoms. The normalized spacial score (nSPS) is 11.1. The summed E-state index contributed by atoms with van der Waals surface area (Å²) in [4.78, 5) is 28.5. The van der Waals surface area contributed by atoms with Gasteiger partial charge in [0.05, 0.1) is 16.3 Å². The first-order valence-electron chi connectivity index (χ1n) is 12.4. The molecule has 0 atom stereocenters. The minimum absolute atomic E-state index is 0.0316. The lowest BCUT2D eigenvalue weighted by Gasteiger charge is -2.27. The number of carbonyl (C=O) groups is 1. The fourth-order valence-corrected chi connectivity index (χ4v) is 4.39. The number of amides is 1. The second kappa shape index (κ2) is 12.0. The number of carbonyl (C=O) groups excluding carboxylic acids is 1. The van der Waals surface area contributed by atoms with Crippen LogP contribution in [0.25, 0.3) is 11.3 Å². The van der Waals surface area contributed by atoms with E-state index in [4.69, 9.17) is 16.6 Å². The van der Waals surface area contributed by atoms with Gasteiger partial charge in [-0.3, -0.25) is 9.78 Å². The second-order valence-corrected chi connectivity index (χ2v) is 9.88. The van der Waals surface area contributed by atoms with Crippen LogP contribution >= 0.6 is 11.6 Å². The van der Waals surface area contributed by atoms with Gasteiger partial charge in [-0.15, -0.1) is 0 Å². The van der Waals surface area contributed by atoms with Crippen LogP contribution in [-0.2, 0) is 19.4 Å². The van der Waals surface area contributed by atoms with Gasteiger partial charge < -0.3 is 10.0 Å². The van der Waals surface area contributed by atoms with Crippen molar-refractivity contribution in [2.45, 2.75) is 52.6 Å². The number of aromatic nitrogens is 3. The van der Waals surface area contributed by atoms with E-state index in [0.717, 1.165) is 53.0 Å². The number of hydrogen-bond donors (Lipinski definition) is 1.